The minimum Gasteiger partial charge on any atom is -0.0654 e. The molecule has 1 aromatic carbocycles. The van der Waals surface area contributed by atoms with E-state index in [4.69, 9.17) is 0 Å². The lowest BCUT2D eigenvalue weighted by molar-refractivity contribution is 0.155. The van der Waals surface area contributed by atoms with E-state index in [9.17, 15) is 0 Å². The molecule has 2 saturated carbocycles. The molecule has 0 amide bonds. The molecule has 0 atom stereocenters. The highest BCUT2D eigenvalue weighted by Gasteiger charge is 2.31. The maximum atomic E-state index is 2.48. The van der Waals surface area contributed by atoms with E-state index in [1.807, 2.05) is 0 Å². The fourth-order valence-electron chi connectivity index (χ4n) is 5.86. The van der Waals surface area contributed by atoms with E-state index in [-0.39, 0.29) is 0 Å². The first-order valence-electron chi connectivity index (χ1n) is 11.7. The Kier molecular flexibility index (Phi) is 7.24. The predicted octanol–water partition coefficient (Wildman–Crippen LogP) is 8.27. The fourth-order valence-corrected chi connectivity index (χ4v) is 5.86. The number of unbranched alkanes of at least 4 members (excludes halogenated alkanes) is 2. The number of hydrogen-bond acceptors (Lipinski definition) is 0. The Labute approximate surface area is 163 Å². The van der Waals surface area contributed by atoms with E-state index in [0.29, 0.717) is 0 Å². The first kappa shape index (κ1) is 20.0. The SMILES string of the molecule is CCCCCC1CCC(C2CCC(c3cc(C)c(C)c(C)c3)CC2)CC1. The fraction of sp³-hybridized carbons (Fsp3) is 0.769. The zero-order chi connectivity index (χ0) is 18.5. The number of hydrogen-bond donors (Lipinski definition) is 0. The second kappa shape index (κ2) is 9.43. The molecule has 1 aromatic rings. The van der Waals surface area contributed by atoms with E-state index in [0.717, 1.165) is 23.7 Å². The van der Waals surface area contributed by atoms with Gasteiger partial charge in [-0.15, -0.1) is 0 Å². The summed E-state index contributed by atoms with van der Waals surface area (Å²) in [4.78, 5) is 0. The quantitative estimate of drug-likeness (QED) is 0.451. The van der Waals surface area contributed by atoms with E-state index < -0.39 is 0 Å². The van der Waals surface area contributed by atoms with Gasteiger partial charge >= 0.3 is 0 Å². The topological polar surface area (TPSA) is 0 Å². The standard InChI is InChI=1S/C26H42/c1-5-6-7-8-22-9-11-23(12-10-22)24-13-15-25(16-14-24)26-17-19(2)21(4)20(3)18-26/h17-18,22-25H,5-16H2,1-4H3. The zero-order valence-electron chi connectivity index (χ0n) is 17.9. The lowest BCUT2D eigenvalue weighted by atomic mass is 9.68. The van der Waals surface area contributed by atoms with Gasteiger partial charge < -0.3 is 0 Å². The van der Waals surface area contributed by atoms with Gasteiger partial charge in [0, 0.05) is 0 Å². The Balaban J connectivity index is 1.46. The van der Waals surface area contributed by atoms with Crippen LogP contribution in [0.5, 0.6) is 0 Å². The smallest absolute Gasteiger partial charge is 0.0162 e. The van der Waals surface area contributed by atoms with E-state index in [1.165, 1.54) is 93.7 Å². The normalized spacial score (nSPS) is 29.7. The molecular weight excluding hydrogens is 312 g/mol. The summed E-state index contributed by atoms with van der Waals surface area (Å²) in [5.41, 5.74) is 6.09. The van der Waals surface area contributed by atoms with Crippen molar-refractivity contribution in [2.24, 2.45) is 17.8 Å². The van der Waals surface area contributed by atoms with Gasteiger partial charge in [-0.2, -0.15) is 0 Å². The summed E-state index contributed by atoms with van der Waals surface area (Å²) in [5, 5.41) is 0. The number of aryl methyl sites for hydroxylation is 2. The van der Waals surface area contributed by atoms with Gasteiger partial charge in [0.05, 0.1) is 0 Å². The van der Waals surface area contributed by atoms with Crippen LogP contribution < -0.4 is 0 Å². The van der Waals surface area contributed by atoms with Gasteiger partial charge in [-0.05, 0) is 105 Å². The highest BCUT2D eigenvalue weighted by molar-refractivity contribution is 5.38. The molecule has 2 aliphatic carbocycles. The Morgan fingerprint density at radius 1 is 0.731 bits per heavy atom. The van der Waals surface area contributed by atoms with E-state index in [1.54, 1.807) is 5.56 Å². The molecule has 0 nitrogen and oxygen atoms in total. The minimum atomic E-state index is 0.828. The van der Waals surface area contributed by atoms with Crippen molar-refractivity contribution in [1.82, 2.24) is 0 Å². The highest BCUT2D eigenvalue weighted by Crippen LogP contribution is 2.44. The van der Waals surface area contributed by atoms with Crippen molar-refractivity contribution in [3.63, 3.8) is 0 Å². The molecule has 0 spiro atoms. The molecule has 0 heteroatoms. The summed E-state index contributed by atoms with van der Waals surface area (Å²) in [6.07, 6.45) is 17.8. The summed E-state index contributed by atoms with van der Waals surface area (Å²) >= 11 is 0. The molecule has 26 heavy (non-hydrogen) atoms. The molecule has 0 radical (unpaired) electrons. The van der Waals surface area contributed by atoms with Crippen LogP contribution in [0.15, 0.2) is 12.1 Å². The third-order valence-corrected chi connectivity index (χ3v) is 7.97. The van der Waals surface area contributed by atoms with Gasteiger partial charge in [0.2, 0.25) is 0 Å². The van der Waals surface area contributed by atoms with Gasteiger partial charge in [0.15, 0.2) is 0 Å². The summed E-state index contributed by atoms with van der Waals surface area (Å²) in [5.74, 6) is 3.98. The lowest BCUT2D eigenvalue weighted by Gasteiger charge is -2.38. The molecule has 0 aliphatic heterocycles. The van der Waals surface area contributed by atoms with Crippen LogP contribution in [0.1, 0.15) is 112 Å². The van der Waals surface area contributed by atoms with Gasteiger partial charge in [0.25, 0.3) is 0 Å². The first-order chi connectivity index (χ1) is 12.6. The monoisotopic (exact) mass is 354 g/mol. The summed E-state index contributed by atoms with van der Waals surface area (Å²) < 4.78 is 0. The van der Waals surface area contributed by atoms with Crippen LogP contribution >= 0.6 is 0 Å². The van der Waals surface area contributed by atoms with Crippen LogP contribution in [-0.4, -0.2) is 0 Å². The van der Waals surface area contributed by atoms with Crippen molar-refractivity contribution in [3.8, 4) is 0 Å². The molecule has 0 saturated heterocycles. The molecule has 0 heterocycles. The molecule has 146 valence electrons. The van der Waals surface area contributed by atoms with Gasteiger partial charge in [-0.1, -0.05) is 57.6 Å². The number of rotatable bonds is 6. The van der Waals surface area contributed by atoms with Crippen LogP contribution in [0.25, 0.3) is 0 Å². The molecule has 0 N–H and O–H groups in total. The van der Waals surface area contributed by atoms with Gasteiger partial charge in [-0.25, -0.2) is 0 Å². The Morgan fingerprint density at radius 3 is 1.81 bits per heavy atom. The Bertz CT molecular complexity index is 530. The van der Waals surface area contributed by atoms with Crippen molar-refractivity contribution < 1.29 is 0 Å². The van der Waals surface area contributed by atoms with Crippen LogP contribution in [0.4, 0.5) is 0 Å². The predicted molar refractivity (Wildman–Crippen MR) is 115 cm³/mol. The minimum absolute atomic E-state index is 0.828. The Morgan fingerprint density at radius 2 is 1.27 bits per heavy atom. The Hall–Kier alpha value is -0.780. The molecule has 0 bridgehead atoms. The van der Waals surface area contributed by atoms with Gasteiger partial charge in [-0.3, -0.25) is 0 Å². The summed E-state index contributed by atoms with van der Waals surface area (Å²) in [6, 6.07) is 4.96. The third kappa shape index (κ3) is 4.93. The lowest BCUT2D eigenvalue weighted by Crippen LogP contribution is -2.25. The van der Waals surface area contributed by atoms with Crippen LogP contribution in [0, 0.1) is 38.5 Å². The molecule has 0 aromatic heterocycles. The zero-order valence-corrected chi connectivity index (χ0v) is 17.9. The van der Waals surface area contributed by atoms with E-state index >= 15 is 0 Å². The maximum Gasteiger partial charge on any atom is -0.0162 e. The van der Waals surface area contributed by atoms with Crippen LogP contribution in [0.3, 0.4) is 0 Å². The average Bonchev–Trinajstić information content (AvgIpc) is 2.67. The second-order valence-electron chi connectivity index (χ2n) is 9.67. The summed E-state index contributed by atoms with van der Waals surface area (Å²) in [7, 11) is 0. The molecule has 0 unspecified atom stereocenters. The first-order valence-corrected chi connectivity index (χ1v) is 11.7. The van der Waals surface area contributed by atoms with Crippen molar-refractivity contribution in [2.75, 3.05) is 0 Å². The van der Waals surface area contributed by atoms with Crippen molar-refractivity contribution in [2.45, 2.75) is 111 Å². The third-order valence-electron chi connectivity index (χ3n) is 7.97. The summed E-state index contributed by atoms with van der Waals surface area (Å²) in [6.45, 7) is 9.17. The van der Waals surface area contributed by atoms with Crippen molar-refractivity contribution in [1.29, 1.82) is 0 Å². The number of benzene rings is 1. The maximum absolute atomic E-state index is 2.48. The molecule has 2 fully saturated rings. The van der Waals surface area contributed by atoms with Crippen LogP contribution in [0.2, 0.25) is 0 Å². The molecular formula is C26H42. The second-order valence-corrected chi connectivity index (χ2v) is 9.67. The largest absolute Gasteiger partial charge is 0.0654 e. The molecule has 2 aliphatic rings. The molecule has 3 rings (SSSR count). The highest BCUT2D eigenvalue weighted by atomic mass is 14.4. The van der Waals surface area contributed by atoms with E-state index in [2.05, 4.69) is 39.8 Å². The van der Waals surface area contributed by atoms with Gasteiger partial charge in [0.1, 0.15) is 0 Å². The average molecular weight is 355 g/mol. The van der Waals surface area contributed by atoms with Crippen molar-refractivity contribution in [3.05, 3.63) is 34.4 Å². The van der Waals surface area contributed by atoms with Crippen molar-refractivity contribution >= 4 is 0 Å². The van der Waals surface area contributed by atoms with Crippen LogP contribution in [-0.2, 0) is 0 Å².